The third kappa shape index (κ3) is 4.32. The second-order valence-corrected chi connectivity index (χ2v) is 11.2. The molecule has 2 fully saturated rings. The Morgan fingerprint density at radius 3 is 2.67 bits per heavy atom. The molecule has 3 heterocycles. The number of nitrogens with zero attached hydrogens (tertiary/aromatic N) is 6. The molecule has 1 aliphatic carbocycles. The lowest BCUT2D eigenvalue weighted by molar-refractivity contribution is 0.0188. The molecule has 9 nitrogen and oxygen atoms in total. The van der Waals surface area contributed by atoms with Crippen molar-refractivity contribution in [2.24, 2.45) is 5.41 Å². The molecule has 1 atom stereocenters. The zero-order chi connectivity index (χ0) is 25.7. The molecule has 9 heteroatoms. The third-order valence-electron chi connectivity index (χ3n) is 7.39. The Morgan fingerprint density at radius 2 is 2.00 bits per heavy atom. The van der Waals surface area contributed by atoms with Crippen LogP contribution < -0.4 is 5.73 Å². The maximum Gasteiger partial charge on any atom is 0.410 e. The van der Waals surface area contributed by atoms with Crippen LogP contribution in [0.1, 0.15) is 70.2 Å². The number of amides is 1. The summed E-state index contributed by atoms with van der Waals surface area (Å²) < 4.78 is 9.23. The standard InChI is InChI=1S/C27H33N7O2/c1-18(19-8-6-5-7-9-19)33-16-20(15-30-33)23-22(14-28)24(29)34(31-23)21-12-27(13-21)10-11-32(17-27)25(35)36-26(2,3)4/h5-9,15-16,18,21H,10-13,17,29H2,1-4H3/t18?,21-,27-. The van der Waals surface area contributed by atoms with Crippen LogP contribution in [0.15, 0.2) is 42.7 Å². The van der Waals surface area contributed by atoms with E-state index >= 15 is 0 Å². The Balaban J connectivity index is 1.31. The third-order valence-corrected chi connectivity index (χ3v) is 7.39. The van der Waals surface area contributed by atoms with Crippen molar-refractivity contribution in [3.05, 3.63) is 53.9 Å². The largest absolute Gasteiger partial charge is 0.444 e. The number of carbonyl (C=O) groups is 1. The van der Waals surface area contributed by atoms with Crippen LogP contribution >= 0.6 is 0 Å². The van der Waals surface area contributed by atoms with Crippen LogP contribution in [-0.4, -0.2) is 49.2 Å². The van der Waals surface area contributed by atoms with Crippen LogP contribution in [0.25, 0.3) is 11.3 Å². The van der Waals surface area contributed by atoms with Gasteiger partial charge in [-0.25, -0.2) is 9.48 Å². The van der Waals surface area contributed by atoms with Gasteiger partial charge < -0.3 is 15.4 Å². The minimum atomic E-state index is -0.505. The van der Waals surface area contributed by atoms with E-state index in [1.165, 1.54) is 0 Å². The Hall–Kier alpha value is -3.80. The molecule has 1 unspecified atom stereocenters. The van der Waals surface area contributed by atoms with Crippen molar-refractivity contribution in [1.29, 1.82) is 5.26 Å². The molecule has 0 bridgehead atoms. The van der Waals surface area contributed by atoms with Gasteiger partial charge in [0.1, 0.15) is 28.7 Å². The summed E-state index contributed by atoms with van der Waals surface area (Å²) in [5, 5.41) is 19.2. The fraction of sp³-hybridized carbons (Fsp3) is 0.481. The number of likely N-dealkylation sites (tertiary alicyclic amines) is 1. The first-order valence-electron chi connectivity index (χ1n) is 12.4. The normalized spacial score (nSPS) is 22.3. The fourth-order valence-electron chi connectivity index (χ4n) is 5.46. The molecule has 5 rings (SSSR count). The van der Waals surface area contributed by atoms with Crippen molar-refractivity contribution >= 4 is 11.9 Å². The van der Waals surface area contributed by atoms with E-state index in [9.17, 15) is 10.1 Å². The molecule has 2 aromatic heterocycles. The Kier molecular flexibility index (Phi) is 5.78. The first-order chi connectivity index (χ1) is 17.1. The van der Waals surface area contributed by atoms with E-state index in [1.54, 1.807) is 10.9 Å². The molecule has 3 aromatic rings. The van der Waals surface area contributed by atoms with E-state index in [4.69, 9.17) is 15.6 Å². The second-order valence-electron chi connectivity index (χ2n) is 11.2. The molecule has 1 saturated heterocycles. The van der Waals surface area contributed by atoms with Gasteiger partial charge in [-0.05, 0) is 57.9 Å². The number of nitriles is 1. The lowest BCUT2D eigenvalue weighted by Gasteiger charge is -2.45. The number of ether oxygens (including phenoxy) is 1. The number of hydrogen-bond donors (Lipinski definition) is 1. The Labute approximate surface area is 211 Å². The summed E-state index contributed by atoms with van der Waals surface area (Å²) in [6.07, 6.45) is 6.08. The number of hydrogen-bond acceptors (Lipinski definition) is 6. The molecular formula is C27H33N7O2. The van der Waals surface area contributed by atoms with Gasteiger partial charge in [0.25, 0.3) is 0 Å². The van der Waals surface area contributed by atoms with E-state index in [1.807, 2.05) is 54.7 Å². The Bertz CT molecular complexity index is 1310. The summed E-state index contributed by atoms with van der Waals surface area (Å²) in [6.45, 7) is 9.11. The second kappa shape index (κ2) is 8.70. The van der Waals surface area contributed by atoms with Crippen LogP contribution in [-0.2, 0) is 4.74 Å². The van der Waals surface area contributed by atoms with Crippen LogP contribution in [0.5, 0.6) is 0 Å². The van der Waals surface area contributed by atoms with Gasteiger partial charge in [-0.1, -0.05) is 30.3 Å². The summed E-state index contributed by atoms with van der Waals surface area (Å²) in [7, 11) is 0. The van der Waals surface area contributed by atoms with E-state index in [-0.39, 0.29) is 23.6 Å². The number of nitrogen functional groups attached to an aromatic ring is 1. The first-order valence-corrected chi connectivity index (χ1v) is 12.4. The van der Waals surface area contributed by atoms with Gasteiger partial charge in [-0.3, -0.25) is 4.68 Å². The van der Waals surface area contributed by atoms with E-state index < -0.39 is 5.60 Å². The Morgan fingerprint density at radius 1 is 1.28 bits per heavy atom. The molecule has 2 N–H and O–H groups in total. The zero-order valence-electron chi connectivity index (χ0n) is 21.3. The number of anilines is 1. The van der Waals surface area contributed by atoms with Crippen molar-refractivity contribution in [2.45, 2.75) is 64.6 Å². The molecule has 36 heavy (non-hydrogen) atoms. The van der Waals surface area contributed by atoms with E-state index in [2.05, 4.69) is 30.2 Å². The predicted molar refractivity (Wildman–Crippen MR) is 136 cm³/mol. The minimum Gasteiger partial charge on any atom is -0.444 e. The van der Waals surface area contributed by atoms with Gasteiger partial charge in [0.15, 0.2) is 0 Å². The molecule has 1 aromatic carbocycles. The first kappa shape index (κ1) is 23.9. The lowest BCUT2D eigenvalue weighted by atomic mass is 9.65. The van der Waals surface area contributed by atoms with Crippen molar-refractivity contribution in [2.75, 3.05) is 18.8 Å². The molecule has 1 aliphatic heterocycles. The van der Waals surface area contributed by atoms with Crippen molar-refractivity contribution in [1.82, 2.24) is 24.5 Å². The molecule has 1 spiro atoms. The van der Waals surface area contributed by atoms with E-state index in [0.29, 0.717) is 30.2 Å². The monoisotopic (exact) mass is 487 g/mol. The number of nitrogens with two attached hydrogens (primary N) is 1. The molecular weight excluding hydrogens is 454 g/mol. The highest BCUT2D eigenvalue weighted by Gasteiger charge is 2.51. The highest BCUT2D eigenvalue weighted by Crippen LogP contribution is 2.54. The fourth-order valence-corrected chi connectivity index (χ4v) is 5.46. The molecule has 2 aliphatic rings. The van der Waals surface area contributed by atoms with Crippen molar-refractivity contribution in [3.63, 3.8) is 0 Å². The minimum absolute atomic E-state index is 0.0479. The van der Waals surface area contributed by atoms with Gasteiger partial charge in [-0.2, -0.15) is 15.5 Å². The molecule has 1 saturated carbocycles. The average Bonchev–Trinajstić information content (AvgIpc) is 3.54. The number of carbonyl (C=O) groups excluding carboxylic acids is 1. The van der Waals surface area contributed by atoms with Gasteiger partial charge >= 0.3 is 6.09 Å². The summed E-state index contributed by atoms with van der Waals surface area (Å²) >= 11 is 0. The summed E-state index contributed by atoms with van der Waals surface area (Å²) in [5.41, 5.74) is 8.83. The van der Waals surface area contributed by atoms with Crippen LogP contribution in [0.4, 0.5) is 10.6 Å². The van der Waals surface area contributed by atoms with Gasteiger partial charge in [0, 0.05) is 24.8 Å². The van der Waals surface area contributed by atoms with Gasteiger partial charge in [0.2, 0.25) is 0 Å². The topological polar surface area (TPSA) is 115 Å². The average molecular weight is 488 g/mol. The number of benzene rings is 1. The van der Waals surface area contributed by atoms with Crippen LogP contribution in [0.3, 0.4) is 0 Å². The van der Waals surface area contributed by atoms with Crippen LogP contribution in [0, 0.1) is 16.7 Å². The molecule has 0 radical (unpaired) electrons. The van der Waals surface area contributed by atoms with E-state index in [0.717, 1.165) is 30.4 Å². The summed E-state index contributed by atoms with van der Waals surface area (Å²) in [4.78, 5) is 14.3. The van der Waals surface area contributed by atoms with Crippen molar-refractivity contribution in [3.8, 4) is 17.3 Å². The SMILES string of the molecule is CC(c1ccccc1)n1cc(-c2nn([C@H]3C[C@@]4(CCN(C(=O)OC(C)(C)C)C4)C3)c(N)c2C#N)cn1. The smallest absolute Gasteiger partial charge is 0.410 e. The number of rotatable bonds is 4. The molecule has 188 valence electrons. The molecule has 1 amide bonds. The van der Waals surface area contributed by atoms with Crippen LogP contribution in [0.2, 0.25) is 0 Å². The number of aromatic nitrogens is 4. The lowest BCUT2D eigenvalue weighted by Crippen LogP contribution is -2.43. The predicted octanol–water partition coefficient (Wildman–Crippen LogP) is 4.77. The maximum atomic E-state index is 12.5. The highest BCUT2D eigenvalue weighted by atomic mass is 16.6. The van der Waals surface area contributed by atoms with Gasteiger partial charge in [-0.15, -0.1) is 0 Å². The summed E-state index contributed by atoms with van der Waals surface area (Å²) in [5.74, 6) is 0.387. The zero-order valence-corrected chi connectivity index (χ0v) is 21.3. The van der Waals surface area contributed by atoms with Gasteiger partial charge in [0.05, 0.1) is 18.3 Å². The summed E-state index contributed by atoms with van der Waals surface area (Å²) in [6, 6.07) is 12.5. The maximum absolute atomic E-state index is 12.5. The van der Waals surface area contributed by atoms with Crippen molar-refractivity contribution < 1.29 is 9.53 Å². The highest BCUT2D eigenvalue weighted by molar-refractivity contribution is 5.72. The quantitative estimate of drug-likeness (QED) is 0.567.